The first-order valence-corrected chi connectivity index (χ1v) is 32.3. The first-order chi connectivity index (χ1) is 42.9. The van der Waals surface area contributed by atoms with Crippen molar-refractivity contribution in [3.63, 3.8) is 0 Å². The first kappa shape index (κ1) is 36.0. The lowest BCUT2D eigenvalue weighted by molar-refractivity contribution is 0.244. The second kappa shape index (κ2) is 8.81. The van der Waals surface area contributed by atoms with Crippen molar-refractivity contribution < 1.29 is 0 Å². The number of aromatic nitrogens is 4. The second-order valence-corrected chi connectivity index (χ2v) is 31.0. The highest BCUT2D eigenvalue weighted by atomic mass is 16.2. The van der Waals surface area contributed by atoms with E-state index in [1.165, 1.54) is 0 Å². The molecule has 7 aliphatic rings. The number of hydrogen-bond acceptors (Lipinski definition) is 5. The zero-order valence-electron chi connectivity index (χ0n) is 46.1. The third-order valence-electron chi connectivity index (χ3n) is 29.7. The molecule has 0 aromatic heterocycles. The molecule has 1 saturated heterocycles. The minimum atomic E-state index is -0.616. The van der Waals surface area contributed by atoms with Crippen molar-refractivity contribution in [2.24, 2.45) is 0 Å². The molecule has 1 unspecified atom stereocenters. The van der Waals surface area contributed by atoms with Crippen LogP contribution in [0, 0.1) is 13.8 Å². The van der Waals surface area contributed by atoms with Crippen LogP contribution in [0.25, 0.3) is 313 Å². The molecule has 7 nitrogen and oxygen atoms in total. The van der Waals surface area contributed by atoms with Crippen LogP contribution in [-0.2, 0) is 17.4 Å². The number of nitrogens with zero attached hydrogens (tertiary/aromatic N) is 4. The van der Waals surface area contributed by atoms with E-state index in [4.69, 9.17) is 4.98 Å². The zero-order valence-corrected chi connectivity index (χ0v) is 46.1. The summed E-state index contributed by atoms with van der Waals surface area (Å²) in [5.74, 6) is 0.385. The molecule has 87 heavy (non-hydrogen) atoms. The quantitative estimate of drug-likeness (QED) is 0.102. The lowest BCUT2D eigenvalue weighted by atomic mass is 9.48. The SMILES string of the molecule is Cc1cc2nc3c(=O)[nH]c(=O)nc-3n(CCCCCC3N(C)CC45c6c7c8c9c%10c%11c(c%12c%13c4c4c6c6c%14c7c7c8c8c%10c%10c%15c%11c%11c%12c%12c%13c%13c4c4c6c6c%14c%14c7c7c8c%10c8c%10c%15c%11c%11c%12c%12c%13c4c4c6c6c%14c7c8c7c%10c%11c%12c4c67)C935)c2cc1C. The Balaban J connectivity index is 0.800. The molecule has 1 atom stereocenters. The fraction of sp³-hybridized carbons (Fsp3) is 0.150. The molecule has 2 spiro atoms. The Bertz CT molecular complexity index is 8440. The van der Waals surface area contributed by atoms with Crippen LogP contribution in [0.4, 0.5) is 0 Å². The Labute approximate surface area is 478 Å². The van der Waals surface area contributed by atoms with Gasteiger partial charge in [0.25, 0.3) is 5.56 Å². The number of aromatic amines is 1. The molecule has 1 fully saturated rings. The van der Waals surface area contributed by atoms with Gasteiger partial charge in [0.1, 0.15) is 0 Å². The summed E-state index contributed by atoms with van der Waals surface area (Å²) in [7, 11) is 2.58. The summed E-state index contributed by atoms with van der Waals surface area (Å²) in [6.07, 6.45) is 4.06. The van der Waals surface area contributed by atoms with Gasteiger partial charge in [0, 0.05) is 19.1 Å². The van der Waals surface area contributed by atoms with E-state index in [9.17, 15) is 9.59 Å². The number of nitrogens with one attached hydrogen (secondary N) is 1. The molecule has 0 radical (unpaired) electrons. The van der Waals surface area contributed by atoms with E-state index in [-0.39, 0.29) is 22.6 Å². The molecule has 4 aliphatic carbocycles. The van der Waals surface area contributed by atoms with E-state index in [1.54, 1.807) is 313 Å². The number of benzene rings is 19. The van der Waals surface area contributed by atoms with Crippen molar-refractivity contribution in [2.75, 3.05) is 13.6 Å². The molecular weight excluding hydrogens is 1060 g/mol. The highest BCUT2D eigenvalue weighted by Crippen LogP contribution is 2.86. The highest BCUT2D eigenvalue weighted by Gasteiger charge is 2.75. The maximum absolute atomic E-state index is 13.5. The fourth-order valence-corrected chi connectivity index (χ4v) is 28.7. The number of hydrogen-bond donors (Lipinski definition) is 1. The van der Waals surface area contributed by atoms with Crippen LogP contribution in [0.5, 0.6) is 0 Å². The van der Waals surface area contributed by atoms with Crippen LogP contribution in [0.3, 0.4) is 0 Å². The average molecular weight is 1090 g/mol. The number of likely N-dealkylation sites (N-methyl/N-ethyl adjacent to an activating group) is 1. The molecule has 29 aromatic rings. The van der Waals surface area contributed by atoms with E-state index in [1.807, 2.05) is 0 Å². The Morgan fingerprint density at radius 1 is 0.402 bits per heavy atom. The summed E-state index contributed by atoms with van der Waals surface area (Å²) in [4.78, 5) is 41.2. The maximum Gasteiger partial charge on any atom is 0.349 e. The Kier molecular flexibility index (Phi) is 3.65. The normalized spacial score (nSPS) is 21.7. The number of aryl methyl sites for hydroxylation is 3. The van der Waals surface area contributed by atoms with Crippen molar-refractivity contribution in [3.05, 3.63) is 66.4 Å². The molecule has 29 aromatic carbocycles. The lowest BCUT2D eigenvalue weighted by Gasteiger charge is -2.52. The maximum atomic E-state index is 13.5. The second-order valence-electron chi connectivity index (χ2n) is 31.0. The number of H-pyrrole nitrogens is 1. The number of likely N-dealkylation sites (tertiary alicyclic amines) is 1. The smallest absolute Gasteiger partial charge is 0.322 e. The van der Waals surface area contributed by atoms with Gasteiger partial charge in [0.05, 0.1) is 21.9 Å². The highest BCUT2D eigenvalue weighted by molar-refractivity contribution is 6.82. The van der Waals surface area contributed by atoms with Gasteiger partial charge in [-0.1, -0.05) is 12.8 Å². The van der Waals surface area contributed by atoms with Gasteiger partial charge in [-0.3, -0.25) is 9.78 Å². The van der Waals surface area contributed by atoms with Gasteiger partial charge in [0.2, 0.25) is 0 Å². The van der Waals surface area contributed by atoms with Crippen molar-refractivity contribution in [1.29, 1.82) is 0 Å². The molecule has 382 valence electrons. The molecule has 0 bridgehead atoms. The number of unbranched alkanes of at least 4 members (excludes halogenated alkanes) is 2. The molecule has 7 heteroatoms. The van der Waals surface area contributed by atoms with E-state index in [2.05, 4.69) is 52.5 Å². The number of rotatable bonds is 6. The van der Waals surface area contributed by atoms with Crippen molar-refractivity contribution in [3.8, 4) is 11.5 Å². The molecule has 0 amide bonds. The number of fused-ring (bicyclic) bond motifs is 2. The predicted octanol–water partition coefficient (Wildman–Crippen LogP) is 18.4. The van der Waals surface area contributed by atoms with Crippen LogP contribution in [0.15, 0.2) is 21.7 Å². The van der Waals surface area contributed by atoms with E-state index >= 15 is 0 Å². The summed E-state index contributed by atoms with van der Waals surface area (Å²) in [5.41, 5.74) is 9.56. The minimum absolute atomic E-state index is 0.234. The van der Waals surface area contributed by atoms with Gasteiger partial charge in [-0.05, 0) is 370 Å². The Morgan fingerprint density at radius 2 is 0.713 bits per heavy atom. The monoisotopic (exact) mass is 1090 g/mol. The summed E-state index contributed by atoms with van der Waals surface area (Å²) in [6.45, 7) is 5.91. The van der Waals surface area contributed by atoms with E-state index < -0.39 is 11.2 Å². The average Bonchev–Trinajstić information content (AvgIpc) is 1.38. The molecular formula is C80H25N5O2. The molecule has 36 rings (SSSR count). The third kappa shape index (κ3) is 2.24. The fourth-order valence-electron chi connectivity index (χ4n) is 28.7. The Morgan fingerprint density at radius 3 is 1.06 bits per heavy atom. The summed E-state index contributed by atoms with van der Waals surface area (Å²) in [6, 6.07) is 4.51. The molecule has 3 heterocycles. The molecule has 3 aliphatic heterocycles. The standard InChI is InChI=1S/C80H25N5O2/c1-12-9-14-15(10-13(12)2)85(76-75(81-14)77(86)83-78(87)82-76)8-6-4-5-7-16-80-73-67-61-51-39-31-23-19-17-18-21-25(23)33(39)43-37-29(21)30-22(18)26-24-20(17)28-27(19)35-41(31)49-55-45(35)46-36(28)42-32(24)40-34(26)44-38(30)48-47(37)59(53(43)61)69(73)70-60(48)54(44)62-52(40)58-50(42)56(46)64-63(55)71(65(67)57(49)51)79(80,11-84(16)3)72(64)66(58)68(62)74(70)80/h9-10,16H,4-8,11H2,1-3H3,(H,83,86,87). The summed E-state index contributed by atoms with van der Waals surface area (Å²) >= 11 is 0. The lowest BCUT2D eigenvalue weighted by Crippen LogP contribution is -2.54. The van der Waals surface area contributed by atoms with Crippen LogP contribution < -0.4 is 11.2 Å². The van der Waals surface area contributed by atoms with Crippen LogP contribution in [0.1, 0.15) is 59.1 Å². The zero-order chi connectivity index (χ0) is 53.6. The molecule has 0 saturated carbocycles. The van der Waals surface area contributed by atoms with Crippen LogP contribution in [0.2, 0.25) is 0 Å². The Hall–Kier alpha value is -10.1. The van der Waals surface area contributed by atoms with Gasteiger partial charge in [-0.2, -0.15) is 4.98 Å². The van der Waals surface area contributed by atoms with E-state index in [0.717, 1.165) is 54.4 Å². The van der Waals surface area contributed by atoms with Gasteiger partial charge < -0.3 is 9.47 Å². The van der Waals surface area contributed by atoms with Gasteiger partial charge >= 0.3 is 5.69 Å². The third-order valence-corrected chi connectivity index (χ3v) is 29.7. The first-order valence-electron chi connectivity index (χ1n) is 32.3. The van der Waals surface area contributed by atoms with Gasteiger partial charge in [0.15, 0.2) is 11.5 Å². The largest absolute Gasteiger partial charge is 0.349 e. The van der Waals surface area contributed by atoms with Crippen molar-refractivity contribution in [2.45, 2.75) is 62.9 Å². The van der Waals surface area contributed by atoms with Gasteiger partial charge in [-0.15, -0.1) is 0 Å². The summed E-state index contributed by atoms with van der Waals surface area (Å²) < 4.78 is 2.14. The molecule has 1 N–H and O–H groups in total. The van der Waals surface area contributed by atoms with Crippen molar-refractivity contribution >= 4 is 302 Å². The van der Waals surface area contributed by atoms with Crippen molar-refractivity contribution in [1.82, 2.24) is 24.4 Å². The predicted molar refractivity (Wildman–Crippen MR) is 359 cm³/mol. The summed E-state index contributed by atoms with van der Waals surface area (Å²) in [5, 5.41) is 89.0. The van der Waals surface area contributed by atoms with Crippen LogP contribution in [-0.4, -0.2) is 44.1 Å². The van der Waals surface area contributed by atoms with E-state index in [0.29, 0.717) is 12.4 Å². The minimum Gasteiger partial charge on any atom is -0.322 e. The van der Waals surface area contributed by atoms with Gasteiger partial charge in [-0.25, -0.2) is 9.78 Å². The topological polar surface area (TPSA) is 83.9 Å². The van der Waals surface area contributed by atoms with Crippen LogP contribution >= 0.6 is 0 Å².